The Kier molecular flexibility index (Phi) is 3.08. The van der Waals surface area contributed by atoms with Crippen molar-refractivity contribution in [2.75, 3.05) is 0 Å². The van der Waals surface area contributed by atoms with E-state index in [4.69, 9.17) is 0 Å². The van der Waals surface area contributed by atoms with E-state index in [1.807, 2.05) is 0 Å². The first-order chi connectivity index (χ1) is 10.8. The Morgan fingerprint density at radius 1 is 0.783 bits per heavy atom. The molecule has 2 aromatic carbocycles. The first-order valence-corrected chi connectivity index (χ1v) is 7.77. The van der Waals surface area contributed by atoms with Gasteiger partial charge in [-0.3, -0.25) is 4.79 Å². The molecule has 7 nitrogen and oxygen atoms in total. The predicted molar refractivity (Wildman–Crippen MR) is 75.7 cm³/mol. The summed E-state index contributed by atoms with van der Waals surface area (Å²) in [4.78, 5) is 33.8. The Morgan fingerprint density at radius 2 is 1.17 bits per heavy atom. The molecular weight excluding hydrogens is 324 g/mol. The van der Waals surface area contributed by atoms with Gasteiger partial charge in [-0.05, 0) is 24.3 Å². The van der Waals surface area contributed by atoms with Crippen molar-refractivity contribution in [3.63, 3.8) is 0 Å². The van der Waals surface area contributed by atoms with Crippen molar-refractivity contribution in [1.82, 2.24) is 0 Å². The quantitative estimate of drug-likeness (QED) is 0.727. The summed E-state index contributed by atoms with van der Waals surface area (Å²) in [5.74, 6) is -3.76. The van der Waals surface area contributed by atoms with Gasteiger partial charge in [-0.25, -0.2) is 18.0 Å². The molecule has 0 aliphatic carbocycles. The van der Waals surface area contributed by atoms with Gasteiger partial charge in [-0.2, -0.15) is 0 Å². The van der Waals surface area contributed by atoms with Gasteiger partial charge in [0.05, 0.1) is 20.9 Å². The molecule has 0 spiro atoms. The lowest BCUT2D eigenvalue weighted by Gasteiger charge is -2.21. The number of hydrogen-bond donors (Lipinski definition) is 2. The molecule has 0 saturated heterocycles. The number of aromatic carboxylic acids is 2. The smallest absolute Gasteiger partial charge is 0.337 e. The highest BCUT2D eigenvalue weighted by atomic mass is 32.2. The zero-order valence-electron chi connectivity index (χ0n) is 11.3. The third kappa shape index (κ3) is 1.95. The van der Waals surface area contributed by atoms with Gasteiger partial charge in [0.2, 0.25) is 9.84 Å². The first kappa shape index (κ1) is 14.9. The van der Waals surface area contributed by atoms with Gasteiger partial charge >= 0.3 is 11.9 Å². The molecule has 1 aliphatic rings. The number of ketones is 1. The summed E-state index contributed by atoms with van der Waals surface area (Å²) in [6.07, 6.45) is 0. The maximum absolute atomic E-state index is 12.8. The molecule has 0 fully saturated rings. The van der Waals surface area contributed by atoms with E-state index in [-0.39, 0.29) is 11.1 Å². The lowest BCUT2D eigenvalue weighted by atomic mass is 9.98. The third-order valence-corrected chi connectivity index (χ3v) is 5.47. The van der Waals surface area contributed by atoms with Crippen LogP contribution in [0.4, 0.5) is 0 Å². The van der Waals surface area contributed by atoms with Crippen LogP contribution in [0.1, 0.15) is 36.6 Å². The monoisotopic (exact) mass is 332 g/mol. The summed E-state index contributed by atoms with van der Waals surface area (Å²) in [5, 5.41) is 18.4. The number of carboxylic acid groups (broad SMARTS) is 2. The van der Waals surface area contributed by atoms with Crippen LogP contribution in [0.3, 0.4) is 0 Å². The lowest BCUT2D eigenvalue weighted by Crippen LogP contribution is -2.25. The SMILES string of the molecule is O=C(O)c1cccc2c1S(=O)(=O)c1c(C(=O)O)cccc1C2=O. The van der Waals surface area contributed by atoms with Crippen LogP contribution < -0.4 is 0 Å². The molecule has 0 aromatic heterocycles. The lowest BCUT2D eigenvalue weighted by molar-refractivity contribution is 0.0683. The highest BCUT2D eigenvalue weighted by Gasteiger charge is 2.40. The number of sulfone groups is 1. The van der Waals surface area contributed by atoms with Crippen molar-refractivity contribution in [1.29, 1.82) is 0 Å². The van der Waals surface area contributed by atoms with Gasteiger partial charge in [0.1, 0.15) is 0 Å². The third-order valence-electron chi connectivity index (χ3n) is 3.52. The molecule has 0 atom stereocenters. The maximum atomic E-state index is 12.8. The van der Waals surface area contributed by atoms with Gasteiger partial charge < -0.3 is 10.2 Å². The van der Waals surface area contributed by atoms with Gasteiger partial charge in [0.15, 0.2) is 5.78 Å². The highest BCUT2D eigenvalue weighted by molar-refractivity contribution is 7.92. The maximum Gasteiger partial charge on any atom is 0.337 e. The summed E-state index contributed by atoms with van der Waals surface area (Å²) in [7, 11) is -4.47. The number of benzene rings is 2. The molecule has 0 bridgehead atoms. The van der Waals surface area contributed by atoms with Gasteiger partial charge in [0.25, 0.3) is 0 Å². The van der Waals surface area contributed by atoms with Gasteiger partial charge in [-0.1, -0.05) is 12.1 Å². The second-order valence-electron chi connectivity index (χ2n) is 4.81. The molecule has 0 radical (unpaired) electrons. The number of fused-ring (bicyclic) bond motifs is 2. The van der Waals surface area contributed by atoms with E-state index < -0.39 is 48.5 Å². The van der Waals surface area contributed by atoms with Crippen LogP contribution in [-0.4, -0.2) is 36.4 Å². The van der Waals surface area contributed by atoms with Crippen molar-refractivity contribution in [2.24, 2.45) is 0 Å². The van der Waals surface area contributed by atoms with E-state index in [2.05, 4.69) is 0 Å². The second-order valence-corrected chi connectivity index (χ2v) is 6.63. The molecule has 0 saturated carbocycles. The average molecular weight is 332 g/mol. The summed E-state index contributed by atoms with van der Waals surface area (Å²) in [6, 6.07) is 7.06. The van der Waals surface area contributed by atoms with Crippen LogP contribution >= 0.6 is 0 Å². The van der Waals surface area contributed by atoms with Crippen molar-refractivity contribution >= 4 is 27.6 Å². The highest BCUT2D eigenvalue weighted by Crippen LogP contribution is 2.38. The molecular formula is C15H8O7S. The van der Waals surface area contributed by atoms with Crippen molar-refractivity contribution in [3.8, 4) is 0 Å². The number of carbonyl (C=O) groups is 3. The minimum absolute atomic E-state index is 0.278. The Morgan fingerprint density at radius 3 is 1.52 bits per heavy atom. The van der Waals surface area contributed by atoms with E-state index in [9.17, 15) is 33.0 Å². The molecule has 116 valence electrons. The first-order valence-electron chi connectivity index (χ1n) is 6.29. The van der Waals surface area contributed by atoms with E-state index >= 15 is 0 Å². The second kappa shape index (κ2) is 4.75. The summed E-state index contributed by atoms with van der Waals surface area (Å²) < 4.78 is 25.6. The zero-order chi connectivity index (χ0) is 16.9. The minimum Gasteiger partial charge on any atom is -0.478 e. The summed E-state index contributed by atoms with van der Waals surface area (Å²) >= 11 is 0. The van der Waals surface area contributed by atoms with Crippen LogP contribution in [0.5, 0.6) is 0 Å². The van der Waals surface area contributed by atoms with Gasteiger partial charge in [0, 0.05) is 11.1 Å². The average Bonchev–Trinajstić information content (AvgIpc) is 2.51. The molecule has 8 heteroatoms. The number of rotatable bonds is 2. The van der Waals surface area contributed by atoms with Crippen LogP contribution in [-0.2, 0) is 9.84 Å². The van der Waals surface area contributed by atoms with E-state index in [0.29, 0.717) is 0 Å². The molecule has 3 rings (SSSR count). The largest absolute Gasteiger partial charge is 0.478 e. The van der Waals surface area contributed by atoms with Crippen molar-refractivity contribution < 1.29 is 33.0 Å². The minimum atomic E-state index is -4.47. The van der Waals surface area contributed by atoms with E-state index in [0.717, 1.165) is 12.1 Å². The van der Waals surface area contributed by atoms with Crippen molar-refractivity contribution in [2.45, 2.75) is 9.79 Å². The summed E-state index contributed by atoms with van der Waals surface area (Å²) in [5.41, 5.74) is -1.69. The molecule has 1 aliphatic heterocycles. The van der Waals surface area contributed by atoms with Gasteiger partial charge in [-0.15, -0.1) is 0 Å². The summed E-state index contributed by atoms with van der Waals surface area (Å²) in [6.45, 7) is 0. The molecule has 2 N–H and O–H groups in total. The topological polar surface area (TPSA) is 126 Å². The zero-order valence-corrected chi connectivity index (χ0v) is 12.1. The Labute approximate surface area is 129 Å². The van der Waals surface area contributed by atoms with E-state index in [1.165, 1.54) is 24.3 Å². The fourth-order valence-electron chi connectivity index (χ4n) is 2.59. The Balaban J connectivity index is 2.51. The van der Waals surface area contributed by atoms with Crippen LogP contribution in [0.2, 0.25) is 0 Å². The Hall–Kier alpha value is -3.00. The molecule has 0 unspecified atom stereocenters. The number of carboxylic acids is 2. The molecule has 23 heavy (non-hydrogen) atoms. The van der Waals surface area contributed by atoms with Crippen LogP contribution in [0.25, 0.3) is 0 Å². The predicted octanol–water partition coefficient (Wildman–Crippen LogP) is 1.46. The van der Waals surface area contributed by atoms with Crippen LogP contribution in [0, 0.1) is 0 Å². The van der Waals surface area contributed by atoms with E-state index in [1.54, 1.807) is 0 Å². The fourth-order valence-corrected chi connectivity index (χ4v) is 4.59. The van der Waals surface area contributed by atoms with Crippen molar-refractivity contribution in [3.05, 3.63) is 58.7 Å². The molecule has 0 amide bonds. The fraction of sp³-hybridized carbons (Fsp3) is 0. The number of carbonyl (C=O) groups excluding carboxylic acids is 1. The molecule has 2 aromatic rings. The standard InChI is InChI=1S/C15H8O7S/c16-11-7-3-1-5-9(14(17)18)12(7)23(21,22)13-8(11)4-2-6-10(13)15(19)20/h1-6H,(H,17,18)(H,19,20). The molecule has 1 heterocycles. The van der Waals surface area contributed by atoms with Crippen LogP contribution in [0.15, 0.2) is 46.2 Å². The normalized spacial score (nSPS) is 14.7. The Bertz CT molecular complexity index is 929. The number of hydrogen-bond acceptors (Lipinski definition) is 5.